The van der Waals surface area contributed by atoms with Crippen LogP contribution < -0.4 is 0 Å². The second-order valence-electron chi connectivity index (χ2n) is 6.00. The zero-order valence-corrected chi connectivity index (χ0v) is 13.2. The van der Waals surface area contributed by atoms with Crippen LogP contribution in [0.4, 0.5) is 0 Å². The third kappa shape index (κ3) is 4.05. The number of aliphatic hydroxyl groups excluding tert-OH is 1. The Balaban J connectivity index is 1.43. The van der Waals surface area contributed by atoms with Crippen molar-refractivity contribution in [3.05, 3.63) is 47.9 Å². The summed E-state index contributed by atoms with van der Waals surface area (Å²) in [6.07, 6.45) is 2.35. The molecule has 1 heterocycles. The molecular weight excluding hydrogens is 296 g/mol. The number of benzene rings is 1. The first-order chi connectivity index (χ1) is 11.2. The quantitative estimate of drug-likeness (QED) is 0.782. The van der Waals surface area contributed by atoms with E-state index in [9.17, 15) is 9.90 Å². The lowest BCUT2D eigenvalue weighted by atomic mass is 10.1. The average Bonchev–Trinajstić information content (AvgIpc) is 3.16. The van der Waals surface area contributed by atoms with Crippen molar-refractivity contribution >= 4 is 5.97 Å². The van der Waals surface area contributed by atoms with Crippen molar-refractivity contribution < 1.29 is 24.1 Å². The van der Waals surface area contributed by atoms with E-state index >= 15 is 0 Å². The van der Waals surface area contributed by atoms with Crippen LogP contribution in [0.25, 0.3) is 0 Å². The predicted octanol–water partition coefficient (Wildman–Crippen LogP) is 2.39. The number of rotatable bonds is 7. The van der Waals surface area contributed by atoms with Crippen LogP contribution in [0.1, 0.15) is 25.3 Å². The number of allylic oxidation sites excluding steroid dienone is 1. The molecule has 4 atom stereocenters. The molecule has 0 aromatic heterocycles. The van der Waals surface area contributed by atoms with Gasteiger partial charge in [-0.1, -0.05) is 30.3 Å². The van der Waals surface area contributed by atoms with E-state index in [-0.39, 0.29) is 24.7 Å². The second-order valence-corrected chi connectivity index (χ2v) is 6.00. The molecule has 0 spiro atoms. The summed E-state index contributed by atoms with van der Waals surface area (Å²) in [6.45, 7) is 2.01. The topological polar surface area (TPSA) is 65.0 Å². The summed E-state index contributed by atoms with van der Waals surface area (Å²) in [5, 5.41) is 9.80. The molecule has 0 saturated heterocycles. The normalized spacial score (nSPS) is 26.7. The summed E-state index contributed by atoms with van der Waals surface area (Å²) in [7, 11) is 0. The van der Waals surface area contributed by atoms with Crippen molar-refractivity contribution in [1.82, 2.24) is 0 Å². The van der Waals surface area contributed by atoms with E-state index in [1.54, 1.807) is 13.2 Å². The molecule has 0 amide bonds. The highest BCUT2D eigenvalue weighted by molar-refractivity contribution is 5.74. The Hall–Kier alpha value is -2.01. The smallest absolute Gasteiger partial charge is 0.334 e. The Morgan fingerprint density at radius 3 is 2.91 bits per heavy atom. The van der Waals surface area contributed by atoms with Gasteiger partial charge in [0.15, 0.2) is 6.10 Å². The minimum atomic E-state index is -1.05. The molecule has 1 aromatic carbocycles. The van der Waals surface area contributed by atoms with Gasteiger partial charge in [0.25, 0.3) is 0 Å². The summed E-state index contributed by atoms with van der Waals surface area (Å²) < 4.78 is 16.2. The van der Waals surface area contributed by atoms with Crippen molar-refractivity contribution in [2.75, 3.05) is 6.61 Å². The van der Waals surface area contributed by atoms with E-state index in [4.69, 9.17) is 14.2 Å². The molecule has 1 aliphatic heterocycles. The summed E-state index contributed by atoms with van der Waals surface area (Å²) in [6, 6.07) is 10.0. The molecule has 0 bridgehead atoms. The van der Waals surface area contributed by atoms with Crippen LogP contribution in [0.2, 0.25) is 0 Å². The molecular formula is C18H22O5. The first-order valence-electron chi connectivity index (χ1n) is 8.08. The van der Waals surface area contributed by atoms with Crippen LogP contribution in [0, 0.1) is 11.8 Å². The molecule has 23 heavy (non-hydrogen) atoms. The third-order valence-electron chi connectivity index (χ3n) is 4.22. The molecule has 1 N–H and O–H groups in total. The summed E-state index contributed by atoms with van der Waals surface area (Å²) in [4.78, 5) is 11.4. The second kappa shape index (κ2) is 7.04. The fourth-order valence-electron chi connectivity index (χ4n) is 2.90. The Kier molecular flexibility index (Phi) is 4.86. The van der Waals surface area contributed by atoms with Crippen molar-refractivity contribution in [1.29, 1.82) is 0 Å². The van der Waals surface area contributed by atoms with Gasteiger partial charge in [-0.05, 0) is 31.2 Å². The van der Waals surface area contributed by atoms with Crippen molar-refractivity contribution in [2.45, 2.75) is 38.6 Å². The van der Waals surface area contributed by atoms with E-state index in [1.165, 1.54) is 0 Å². The zero-order valence-electron chi connectivity index (χ0n) is 13.2. The third-order valence-corrected chi connectivity index (χ3v) is 4.22. The van der Waals surface area contributed by atoms with Gasteiger partial charge < -0.3 is 19.3 Å². The molecule has 124 valence electrons. The molecule has 1 aromatic rings. The number of aliphatic hydroxyl groups is 1. The molecule has 2 aliphatic rings. The van der Waals surface area contributed by atoms with Crippen LogP contribution in [0.15, 0.2) is 42.4 Å². The lowest BCUT2D eigenvalue weighted by Crippen LogP contribution is -2.23. The highest BCUT2D eigenvalue weighted by Crippen LogP contribution is 2.49. The fourth-order valence-corrected chi connectivity index (χ4v) is 2.90. The first-order valence-corrected chi connectivity index (χ1v) is 8.08. The monoisotopic (exact) mass is 318 g/mol. The van der Waals surface area contributed by atoms with E-state index in [0.717, 1.165) is 17.7 Å². The van der Waals surface area contributed by atoms with Crippen LogP contribution in [0.5, 0.6) is 0 Å². The predicted molar refractivity (Wildman–Crippen MR) is 83.0 cm³/mol. The fraction of sp³-hybridized carbons (Fsp3) is 0.500. The SMILES string of the molecule is CCOC(=O)C(O)CC1CC1C1=COC(Cc2ccccc2)O1. The van der Waals surface area contributed by atoms with E-state index in [0.29, 0.717) is 12.8 Å². The number of carbonyl (C=O) groups is 1. The van der Waals surface area contributed by atoms with Gasteiger partial charge in [0.05, 0.1) is 6.61 Å². The largest absolute Gasteiger partial charge is 0.464 e. The minimum absolute atomic E-state index is 0.236. The summed E-state index contributed by atoms with van der Waals surface area (Å²) in [5.41, 5.74) is 1.16. The van der Waals surface area contributed by atoms with Gasteiger partial charge in [0.2, 0.25) is 6.29 Å². The van der Waals surface area contributed by atoms with Gasteiger partial charge in [-0.2, -0.15) is 0 Å². The maximum Gasteiger partial charge on any atom is 0.334 e. The highest BCUT2D eigenvalue weighted by Gasteiger charge is 2.45. The van der Waals surface area contributed by atoms with Gasteiger partial charge in [-0.3, -0.25) is 0 Å². The average molecular weight is 318 g/mol. The molecule has 1 fully saturated rings. The number of hydrogen-bond donors (Lipinski definition) is 1. The Morgan fingerprint density at radius 2 is 2.17 bits per heavy atom. The lowest BCUT2D eigenvalue weighted by Gasteiger charge is -2.12. The minimum Gasteiger partial charge on any atom is -0.464 e. The van der Waals surface area contributed by atoms with Crippen LogP contribution in [-0.4, -0.2) is 30.1 Å². The van der Waals surface area contributed by atoms with Crippen LogP contribution in [-0.2, 0) is 25.4 Å². The maximum atomic E-state index is 11.4. The standard InChI is InChI=1S/C18H22O5/c1-2-21-18(20)15(19)10-13-9-14(13)16-11-22-17(23-16)8-12-6-4-3-5-7-12/h3-7,11,13-15,17,19H,2,8-10H2,1H3. The Morgan fingerprint density at radius 1 is 1.39 bits per heavy atom. The first kappa shape index (κ1) is 15.9. The van der Waals surface area contributed by atoms with Gasteiger partial charge in [-0.15, -0.1) is 0 Å². The Bertz CT molecular complexity index is 568. The lowest BCUT2D eigenvalue weighted by molar-refractivity contribution is -0.153. The molecule has 5 heteroatoms. The van der Waals surface area contributed by atoms with E-state index in [1.807, 2.05) is 30.3 Å². The van der Waals surface area contributed by atoms with Crippen LogP contribution in [0.3, 0.4) is 0 Å². The molecule has 0 radical (unpaired) electrons. The highest BCUT2D eigenvalue weighted by atomic mass is 16.7. The number of carbonyl (C=O) groups excluding carboxylic acids is 1. The number of ether oxygens (including phenoxy) is 3. The van der Waals surface area contributed by atoms with Crippen molar-refractivity contribution in [2.24, 2.45) is 11.8 Å². The molecule has 4 unspecified atom stereocenters. The maximum absolute atomic E-state index is 11.4. The van der Waals surface area contributed by atoms with Gasteiger partial charge in [0.1, 0.15) is 12.0 Å². The van der Waals surface area contributed by atoms with Crippen molar-refractivity contribution in [3.63, 3.8) is 0 Å². The molecule has 3 rings (SSSR count). The van der Waals surface area contributed by atoms with Gasteiger partial charge in [-0.25, -0.2) is 4.79 Å². The summed E-state index contributed by atoms with van der Waals surface area (Å²) in [5.74, 6) is 0.768. The van der Waals surface area contributed by atoms with E-state index in [2.05, 4.69) is 0 Å². The van der Waals surface area contributed by atoms with E-state index < -0.39 is 12.1 Å². The van der Waals surface area contributed by atoms with Gasteiger partial charge >= 0.3 is 5.97 Å². The summed E-state index contributed by atoms with van der Waals surface area (Å²) >= 11 is 0. The number of esters is 1. The van der Waals surface area contributed by atoms with Gasteiger partial charge in [0, 0.05) is 12.3 Å². The molecule has 1 aliphatic carbocycles. The van der Waals surface area contributed by atoms with Crippen LogP contribution >= 0.6 is 0 Å². The Labute approximate surface area is 135 Å². The molecule has 5 nitrogen and oxygen atoms in total. The van der Waals surface area contributed by atoms with Crippen molar-refractivity contribution in [3.8, 4) is 0 Å². The molecule has 1 saturated carbocycles. The number of hydrogen-bond acceptors (Lipinski definition) is 5. The zero-order chi connectivity index (χ0) is 16.2.